The van der Waals surface area contributed by atoms with Crippen molar-refractivity contribution in [1.82, 2.24) is 15.6 Å². The van der Waals surface area contributed by atoms with Gasteiger partial charge in [-0.2, -0.15) is 0 Å². The molecule has 1 saturated heterocycles. The topological polar surface area (TPSA) is 92.5 Å². The minimum atomic E-state index is -0.451. The quantitative estimate of drug-likeness (QED) is 0.573. The Kier molecular flexibility index (Phi) is 7.51. The average molecular weight is 460 g/mol. The molecule has 1 aliphatic carbocycles. The maximum Gasteiger partial charge on any atom is 0.256 e. The molecule has 1 amide bonds. The molecule has 2 aromatic rings. The number of nitrogens with one attached hydrogen (secondary N) is 2. The van der Waals surface area contributed by atoms with Crippen LogP contribution in [0.25, 0.3) is 10.9 Å². The number of nitrogens with two attached hydrogens (primary N) is 1. The lowest BCUT2D eigenvalue weighted by Gasteiger charge is -2.41. The van der Waals surface area contributed by atoms with Crippen molar-refractivity contribution in [3.05, 3.63) is 34.9 Å². The van der Waals surface area contributed by atoms with Gasteiger partial charge in [0.25, 0.3) is 5.91 Å². The number of aromatic nitrogens is 1. The smallest absolute Gasteiger partial charge is 0.256 e. The van der Waals surface area contributed by atoms with Gasteiger partial charge in [0, 0.05) is 42.7 Å². The molecular formula is C24H34ClN5O2. The Balaban J connectivity index is 1.60. The normalized spacial score (nSPS) is 23.3. The number of halogens is 1. The van der Waals surface area contributed by atoms with Gasteiger partial charge in [-0.3, -0.25) is 4.79 Å². The molecule has 3 atom stereocenters. The molecule has 0 radical (unpaired) electrons. The number of benzene rings is 1. The van der Waals surface area contributed by atoms with Crippen LogP contribution < -0.4 is 21.3 Å². The van der Waals surface area contributed by atoms with Gasteiger partial charge in [0.15, 0.2) is 0 Å². The summed E-state index contributed by atoms with van der Waals surface area (Å²) in [5.74, 6) is 0.423. The molecule has 4 rings (SSSR count). The Morgan fingerprint density at radius 1 is 1.25 bits per heavy atom. The van der Waals surface area contributed by atoms with Crippen molar-refractivity contribution in [2.45, 2.75) is 69.8 Å². The van der Waals surface area contributed by atoms with Crippen LogP contribution in [0.4, 0.5) is 5.82 Å². The SMILES string of the molecule is COC1CN(c2nc3cc(Cl)ccc3cc2C(=O)NC(C)N)CCC1NC1CCCCC1. The van der Waals surface area contributed by atoms with Crippen molar-refractivity contribution in [2.24, 2.45) is 5.73 Å². The fourth-order valence-corrected chi connectivity index (χ4v) is 5.10. The van der Waals surface area contributed by atoms with E-state index >= 15 is 0 Å². The Bertz CT molecular complexity index is 947. The van der Waals surface area contributed by atoms with Gasteiger partial charge < -0.3 is 26.0 Å². The van der Waals surface area contributed by atoms with Crippen molar-refractivity contribution in [3.8, 4) is 0 Å². The highest BCUT2D eigenvalue weighted by Crippen LogP contribution is 2.29. The molecule has 4 N–H and O–H groups in total. The largest absolute Gasteiger partial charge is 0.378 e. The zero-order valence-electron chi connectivity index (χ0n) is 18.9. The molecule has 1 aromatic heterocycles. The number of anilines is 1. The van der Waals surface area contributed by atoms with E-state index < -0.39 is 6.17 Å². The van der Waals surface area contributed by atoms with Gasteiger partial charge in [0.2, 0.25) is 0 Å². The van der Waals surface area contributed by atoms with Crippen LogP contribution in [0.1, 0.15) is 55.8 Å². The number of ether oxygens (including phenoxy) is 1. The number of methoxy groups -OCH3 is 1. The lowest BCUT2D eigenvalue weighted by atomic mass is 9.92. The van der Waals surface area contributed by atoms with Crippen LogP contribution in [0, 0.1) is 0 Å². The van der Waals surface area contributed by atoms with Gasteiger partial charge in [-0.25, -0.2) is 4.98 Å². The average Bonchev–Trinajstić information content (AvgIpc) is 2.78. The van der Waals surface area contributed by atoms with Gasteiger partial charge in [-0.05, 0) is 44.4 Å². The standard InChI is InChI=1S/C24H34ClN5O2/c1-15(26)27-24(31)19-12-16-8-9-17(25)13-21(16)29-23(19)30-11-10-20(22(14-30)32-2)28-18-6-4-3-5-7-18/h8-9,12-13,15,18,20,22,28H,3-7,10-11,14,26H2,1-2H3,(H,27,31). The maximum atomic E-state index is 13.0. The molecule has 32 heavy (non-hydrogen) atoms. The first-order chi connectivity index (χ1) is 15.4. The second-order valence-electron chi connectivity index (χ2n) is 9.08. The van der Waals surface area contributed by atoms with Gasteiger partial charge in [-0.1, -0.05) is 36.9 Å². The third-order valence-corrected chi connectivity index (χ3v) is 6.81. The Labute approximate surface area is 195 Å². The summed E-state index contributed by atoms with van der Waals surface area (Å²) in [4.78, 5) is 20.0. The van der Waals surface area contributed by atoms with Crippen molar-refractivity contribution in [3.63, 3.8) is 0 Å². The number of hydrogen-bond donors (Lipinski definition) is 3. The number of piperidine rings is 1. The highest BCUT2D eigenvalue weighted by Gasteiger charge is 2.33. The first-order valence-electron chi connectivity index (χ1n) is 11.6. The van der Waals surface area contributed by atoms with Crippen molar-refractivity contribution in [1.29, 1.82) is 0 Å². The fourth-order valence-electron chi connectivity index (χ4n) is 4.93. The predicted octanol–water partition coefficient (Wildman–Crippen LogP) is 3.44. The third kappa shape index (κ3) is 5.34. The van der Waals surface area contributed by atoms with E-state index in [4.69, 9.17) is 27.1 Å². The summed E-state index contributed by atoms with van der Waals surface area (Å²) >= 11 is 6.21. The molecule has 3 unspecified atom stereocenters. The predicted molar refractivity (Wildman–Crippen MR) is 129 cm³/mol. The zero-order valence-corrected chi connectivity index (χ0v) is 19.7. The number of rotatable bonds is 6. The molecule has 0 bridgehead atoms. The summed E-state index contributed by atoms with van der Waals surface area (Å²) in [6.07, 6.45) is 6.93. The first kappa shape index (κ1) is 23.2. The zero-order chi connectivity index (χ0) is 22.7. The molecule has 1 aromatic carbocycles. The van der Waals surface area contributed by atoms with Crippen LogP contribution in [0.3, 0.4) is 0 Å². The number of carbonyl (C=O) groups is 1. The molecule has 8 heteroatoms. The van der Waals surface area contributed by atoms with Crippen LogP contribution in [-0.2, 0) is 4.74 Å². The lowest BCUT2D eigenvalue weighted by Crippen LogP contribution is -2.56. The Morgan fingerprint density at radius 3 is 2.75 bits per heavy atom. The van der Waals surface area contributed by atoms with Crippen molar-refractivity contribution in [2.75, 3.05) is 25.1 Å². The van der Waals surface area contributed by atoms with E-state index in [0.717, 1.165) is 23.9 Å². The lowest BCUT2D eigenvalue weighted by molar-refractivity contribution is 0.0533. The Hall–Kier alpha value is -1.93. The highest BCUT2D eigenvalue weighted by molar-refractivity contribution is 6.31. The summed E-state index contributed by atoms with van der Waals surface area (Å²) < 4.78 is 5.89. The third-order valence-electron chi connectivity index (χ3n) is 6.58. The summed E-state index contributed by atoms with van der Waals surface area (Å²) in [6, 6.07) is 8.28. The van der Waals surface area contributed by atoms with Crippen molar-refractivity contribution < 1.29 is 9.53 Å². The maximum absolute atomic E-state index is 13.0. The number of amides is 1. The monoisotopic (exact) mass is 459 g/mol. The molecule has 7 nitrogen and oxygen atoms in total. The van der Waals surface area contributed by atoms with E-state index in [1.165, 1.54) is 32.1 Å². The van der Waals surface area contributed by atoms with Crippen LogP contribution in [0.15, 0.2) is 24.3 Å². The van der Waals surface area contributed by atoms with E-state index in [-0.39, 0.29) is 12.0 Å². The highest BCUT2D eigenvalue weighted by atomic mass is 35.5. The van der Waals surface area contributed by atoms with E-state index in [1.807, 2.05) is 24.3 Å². The summed E-state index contributed by atoms with van der Waals surface area (Å²) in [5.41, 5.74) is 7.11. The summed E-state index contributed by atoms with van der Waals surface area (Å²) in [6.45, 7) is 3.20. The fraction of sp³-hybridized carbons (Fsp3) is 0.583. The molecule has 2 aliphatic rings. The number of nitrogens with zero attached hydrogens (tertiary/aromatic N) is 2. The van der Waals surface area contributed by atoms with E-state index in [1.54, 1.807) is 14.0 Å². The van der Waals surface area contributed by atoms with Gasteiger partial charge >= 0.3 is 0 Å². The van der Waals surface area contributed by atoms with Gasteiger partial charge in [-0.15, -0.1) is 0 Å². The minimum Gasteiger partial charge on any atom is -0.378 e. The molecule has 1 aliphatic heterocycles. The molecule has 2 fully saturated rings. The molecular weight excluding hydrogens is 426 g/mol. The molecule has 0 spiro atoms. The number of pyridine rings is 1. The van der Waals surface area contributed by atoms with E-state index in [0.29, 0.717) is 35.0 Å². The Morgan fingerprint density at radius 2 is 2.03 bits per heavy atom. The molecule has 2 heterocycles. The van der Waals surface area contributed by atoms with Crippen LogP contribution >= 0.6 is 11.6 Å². The second-order valence-corrected chi connectivity index (χ2v) is 9.51. The van der Waals surface area contributed by atoms with Crippen molar-refractivity contribution >= 4 is 34.2 Å². The van der Waals surface area contributed by atoms with E-state index in [9.17, 15) is 4.79 Å². The summed E-state index contributed by atoms with van der Waals surface area (Å²) in [5, 5.41) is 8.14. The van der Waals surface area contributed by atoms with Crippen LogP contribution in [0.5, 0.6) is 0 Å². The first-order valence-corrected chi connectivity index (χ1v) is 12.0. The second kappa shape index (κ2) is 10.3. The van der Waals surface area contributed by atoms with Crippen LogP contribution in [0.2, 0.25) is 5.02 Å². The van der Waals surface area contributed by atoms with Gasteiger partial charge in [0.05, 0.1) is 23.3 Å². The van der Waals surface area contributed by atoms with Crippen LogP contribution in [-0.4, -0.2) is 55.4 Å². The molecule has 1 saturated carbocycles. The van der Waals surface area contributed by atoms with Gasteiger partial charge in [0.1, 0.15) is 5.82 Å². The van der Waals surface area contributed by atoms with E-state index in [2.05, 4.69) is 15.5 Å². The number of fused-ring (bicyclic) bond motifs is 1. The number of carbonyl (C=O) groups excluding carboxylic acids is 1. The summed E-state index contributed by atoms with van der Waals surface area (Å²) in [7, 11) is 1.76. The number of hydrogen-bond acceptors (Lipinski definition) is 6. The molecule has 174 valence electrons. The minimum absolute atomic E-state index is 0.0203.